The Bertz CT molecular complexity index is 806. The van der Waals surface area contributed by atoms with Crippen molar-refractivity contribution in [1.29, 1.82) is 5.26 Å². The Morgan fingerprint density at radius 3 is 2.52 bits per heavy atom. The van der Waals surface area contributed by atoms with E-state index in [1.54, 1.807) is 49.4 Å². The molecule has 0 N–H and O–H groups in total. The number of nitrogens with zero attached hydrogens (tertiary/aromatic N) is 2. The summed E-state index contributed by atoms with van der Waals surface area (Å²) in [5, 5.41) is 12.5. The van der Waals surface area contributed by atoms with Gasteiger partial charge in [-0.25, -0.2) is 0 Å². The van der Waals surface area contributed by atoms with E-state index in [0.29, 0.717) is 16.8 Å². The summed E-state index contributed by atoms with van der Waals surface area (Å²) < 4.78 is 28.5. The van der Waals surface area contributed by atoms with E-state index < -0.39 is 10.1 Å². The quantitative estimate of drug-likeness (QED) is 0.642. The lowest BCUT2D eigenvalue weighted by Crippen LogP contribution is -2.05. The normalized spacial score (nSPS) is 11.7. The van der Waals surface area contributed by atoms with Crippen LogP contribution in [0, 0.1) is 11.3 Å². The van der Waals surface area contributed by atoms with Crippen LogP contribution in [0.5, 0.6) is 0 Å². The lowest BCUT2D eigenvalue weighted by atomic mass is 10.1. The summed E-state index contributed by atoms with van der Waals surface area (Å²) in [5.41, 5.74) is 1.46. The van der Waals surface area contributed by atoms with Crippen LogP contribution in [0.3, 0.4) is 0 Å². The smallest absolute Gasteiger partial charge is 0.265 e. The molecule has 0 spiro atoms. The van der Waals surface area contributed by atoms with E-state index in [9.17, 15) is 8.42 Å². The summed E-state index contributed by atoms with van der Waals surface area (Å²) in [4.78, 5) is 0.0346. The number of rotatable bonds is 4. The van der Waals surface area contributed by atoms with Gasteiger partial charge >= 0.3 is 10.1 Å². The third-order valence-corrected chi connectivity index (χ3v) is 3.83. The van der Waals surface area contributed by atoms with Crippen molar-refractivity contribution < 1.29 is 12.7 Å². The highest BCUT2D eigenvalue weighted by Gasteiger charge is 2.15. The molecule has 2 rings (SSSR count). The lowest BCUT2D eigenvalue weighted by Gasteiger charge is -2.03. The SMILES string of the molecule is CC(=NOS(=O)(=O)c1ccccc1)c1cccc(C#N)c1. The average Bonchev–Trinajstić information content (AvgIpc) is 2.53. The third-order valence-electron chi connectivity index (χ3n) is 2.71. The van der Waals surface area contributed by atoms with Crippen LogP contribution in [-0.2, 0) is 14.4 Å². The minimum absolute atomic E-state index is 0.0346. The van der Waals surface area contributed by atoms with Crippen molar-refractivity contribution in [3.63, 3.8) is 0 Å². The Balaban J connectivity index is 2.23. The first kappa shape index (κ1) is 14.8. The van der Waals surface area contributed by atoms with Gasteiger partial charge in [0.1, 0.15) is 4.90 Å². The molecular weight excluding hydrogens is 288 g/mol. The van der Waals surface area contributed by atoms with E-state index >= 15 is 0 Å². The molecule has 0 atom stereocenters. The van der Waals surface area contributed by atoms with Crippen LogP contribution < -0.4 is 0 Å². The Labute approximate surface area is 123 Å². The molecule has 5 nitrogen and oxygen atoms in total. The van der Waals surface area contributed by atoms with Crippen LogP contribution in [0.1, 0.15) is 18.1 Å². The highest BCUT2D eigenvalue weighted by atomic mass is 32.2. The van der Waals surface area contributed by atoms with E-state index in [0.717, 1.165) is 0 Å². The van der Waals surface area contributed by atoms with Gasteiger partial charge in [0.2, 0.25) is 0 Å². The molecule has 0 aromatic heterocycles. The van der Waals surface area contributed by atoms with E-state index in [2.05, 4.69) is 9.44 Å². The van der Waals surface area contributed by atoms with Crippen molar-refractivity contribution in [3.05, 3.63) is 65.7 Å². The average molecular weight is 300 g/mol. The van der Waals surface area contributed by atoms with Gasteiger partial charge in [-0.15, -0.1) is 0 Å². The molecule has 0 aliphatic carbocycles. The first-order chi connectivity index (χ1) is 10.0. The maximum Gasteiger partial charge on any atom is 0.358 e. The van der Waals surface area contributed by atoms with Gasteiger partial charge < -0.3 is 0 Å². The van der Waals surface area contributed by atoms with Crippen molar-refractivity contribution in [2.24, 2.45) is 5.16 Å². The second-order valence-corrected chi connectivity index (χ2v) is 5.74. The summed E-state index contributed by atoms with van der Waals surface area (Å²) >= 11 is 0. The fraction of sp³-hybridized carbons (Fsp3) is 0.0667. The molecule has 0 amide bonds. The third kappa shape index (κ3) is 3.68. The molecule has 2 aromatic rings. The minimum Gasteiger partial charge on any atom is -0.265 e. The van der Waals surface area contributed by atoms with Gasteiger partial charge in [0.25, 0.3) is 0 Å². The fourth-order valence-electron chi connectivity index (χ4n) is 1.60. The molecule has 0 bridgehead atoms. The monoisotopic (exact) mass is 300 g/mol. The van der Waals surface area contributed by atoms with Gasteiger partial charge in [-0.1, -0.05) is 35.5 Å². The standard InChI is InChI=1S/C15H12N2O3S/c1-12(14-7-5-6-13(10-14)11-16)17-20-21(18,19)15-8-3-2-4-9-15/h2-10H,1H3. The second kappa shape index (κ2) is 6.20. The van der Waals surface area contributed by atoms with Crippen LogP contribution in [0.4, 0.5) is 0 Å². The summed E-state index contributed by atoms with van der Waals surface area (Å²) in [7, 11) is -3.93. The molecule has 0 fully saturated rings. The Kier molecular flexibility index (Phi) is 4.36. The summed E-state index contributed by atoms with van der Waals surface area (Å²) in [5.74, 6) is 0. The number of hydrogen-bond donors (Lipinski definition) is 0. The largest absolute Gasteiger partial charge is 0.358 e. The predicted octanol–water partition coefficient (Wildman–Crippen LogP) is 2.69. The molecule has 0 saturated heterocycles. The zero-order chi connectivity index (χ0) is 15.3. The van der Waals surface area contributed by atoms with Gasteiger partial charge in [0.15, 0.2) is 0 Å². The molecule has 2 aromatic carbocycles. The van der Waals surface area contributed by atoms with Crippen molar-refractivity contribution in [2.45, 2.75) is 11.8 Å². The minimum atomic E-state index is -3.93. The molecule has 21 heavy (non-hydrogen) atoms. The zero-order valence-corrected chi connectivity index (χ0v) is 12.0. The predicted molar refractivity (Wildman–Crippen MR) is 78.1 cm³/mol. The molecule has 0 radical (unpaired) electrons. The Morgan fingerprint density at radius 2 is 1.86 bits per heavy atom. The first-order valence-corrected chi connectivity index (χ1v) is 7.47. The molecule has 0 aliphatic heterocycles. The van der Waals surface area contributed by atoms with Crippen LogP contribution >= 0.6 is 0 Å². The summed E-state index contributed by atoms with van der Waals surface area (Å²) in [6.45, 7) is 1.61. The maximum absolute atomic E-state index is 11.9. The van der Waals surface area contributed by atoms with Crippen LogP contribution in [0.25, 0.3) is 0 Å². The van der Waals surface area contributed by atoms with Crippen molar-refractivity contribution in [3.8, 4) is 6.07 Å². The van der Waals surface area contributed by atoms with E-state index in [-0.39, 0.29) is 4.90 Å². The van der Waals surface area contributed by atoms with Gasteiger partial charge in [-0.3, -0.25) is 4.28 Å². The van der Waals surface area contributed by atoms with Crippen molar-refractivity contribution in [1.82, 2.24) is 0 Å². The van der Waals surface area contributed by atoms with Crippen molar-refractivity contribution >= 4 is 15.8 Å². The fourth-order valence-corrected chi connectivity index (χ4v) is 2.39. The summed E-state index contributed by atoms with van der Waals surface area (Å²) in [6, 6.07) is 16.4. The number of hydrogen-bond acceptors (Lipinski definition) is 5. The van der Waals surface area contributed by atoms with Crippen LogP contribution in [-0.4, -0.2) is 14.1 Å². The number of nitriles is 1. The van der Waals surface area contributed by atoms with Gasteiger partial charge in [0.05, 0.1) is 17.3 Å². The molecule has 0 unspecified atom stereocenters. The summed E-state index contributed by atoms with van der Waals surface area (Å²) in [6.07, 6.45) is 0. The van der Waals surface area contributed by atoms with Gasteiger partial charge in [0, 0.05) is 5.56 Å². The van der Waals surface area contributed by atoms with E-state index in [1.807, 2.05) is 6.07 Å². The molecule has 106 valence electrons. The molecule has 0 heterocycles. The molecule has 0 saturated carbocycles. The second-order valence-electron chi connectivity index (χ2n) is 4.21. The molecule has 6 heteroatoms. The van der Waals surface area contributed by atoms with Crippen LogP contribution in [0.2, 0.25) is 0 Å². The Hall–Kier alpha value is -2.65. The maximum atomic E-state index is 11.9. The van der Waals surface area contributed by atoms with Gasteiger partial charge in [-0.2, -0.15) is 13.7 Å². The number of oxime groups is 1. The lowest BCUT2D eigenvalue weighted by molar-refractivity contribution is 0.339. The van der Waals surface area contributed by atoms with Crippen LogP contribution in [0.15, 0.2) is 64.6 Å². The highest BCUT2D eigenvalue weighted by Crippen LogP contribution is 2.13. The molecule has 0 aliphatic rings. The van der Waals surface area contributed by atoms with E-state index in [1.165, 1.54) is 12.1 Å². The van der Waals surface area contributed by atoms with Gasteiger partial charge in [-0.05, 0) is 31.2 Å². The van der Waals surface area contributed by atoms with E-state index in [4.69, 9.17) is 5.26 Å². The van der Waals surface area contributed by atoms with Crippen molar-refractivity contribution in [2.75, 3.05) is 0 Å². The highest BCUT2D eigenvalue weighted by molar-refractivity contribution is 7.86. The zero-order valence-electron chi connectivity index (χ0n) is 11.2. The molecular formula is C15H12N2O3S. The Morgan fingerprint density at radius 1 is 1.14 bits per heavy atom. The first-order valence-electron chi connectivity index (χ1n) is 6.07. The number of benzene rings is 2. The topological polar surface area (TPSA) is 79.5 Å².